The minimum absolute atomic E-state index is 0. The fourth-order valence-corrected chi connectivity index (χ4v) is 1.11. The zero-order valence-electron chi connectivity index (χ0n) is 8.21. The molecule has 0 N–H and O–H groups in total. The molecule has 0 fully saturated rings. The molecular weight excluding hydrogens is 221 g/mol. The second kappa shape index (κ2) is 6.34. The van der Waals surface area contributed by atoms with E-state index in [1.54, 1.807) is 6.07 Å². The minimum Gasteiger partial charge on any atom is -0.472 e. The molecule has 0 amide bonds. The molecule has 0 aromatic carbocycles. The molecule has 14 heavy (non-hydrogen) atoms. The third-order valence-electron chi connectivity index (χ3n) is 1.55. The van der Waals surface area contributed by atoms with E-state index in [0.29, 0.717) is 0 Å². The molecule has 0 bridgehead atoms. The monoisotopic (exact) mass is 231 g/mol. The van der Waals surface area contributed by atoms with Gasteiger partial charge in [0.25, 0.3) is 0 Å². The molecule has 2 nitrogen and oxygen atoms in total. The largest absolute Gasteiger partial charge is 1.00 e. The van der Waals surface area contributed by atoms with Gasteiger partial charge in [-0.3, -0.25) is 0 Å². The van der Waals surface area contributed by atoms with Crippen LogP contribution in [0.4, 0.5) is 12.9 Å². The fraction of sp³-hybridized carbons (Fsp3) is 0.429. The minimum atomic E-state index is -4.73. The molecule has 74 valence electrons. The average Bonchev–Trinajstić information content (AvgIpc) is 2.34. The van der Waals surface area contributed by atoms with Gasteiger partial charge in [0.1, 0.15) is 0 Å². The van der Waals surface area contributed by atoms with Crippen molar-refractivity contribution >= 4 is 6.98 Å². The van der Waals surface area contributed by atoms with Crippen LogP contribution >= 0.6 is 0 Å². The maximum Gasteiger partial charge on any atom is 1.00 e. The van der Waals surface area contributed by atoms with E-state index < -0.39 is 13.4 Å². The summed E-state index contributed by atoms with van der Waals surface area (Å²) in [5.41, 5.74) is 0.752. The van der Waals surface area contributed by atoms with Crippen LogP contribution in [0.5, 0.6) is 0 Å². The predicted molar refractivity (Wildman–Crippen MR) is 44.1 cm³/mol. The van der Waals surface area contributed by atoms with Crippen LogP contribution in [0.15, 0.2) is 23.0 Å². The van der Waals surface area contributed by atoms with E-state index in [2.05, 4.69) is 0 Å². The van der Waals surface area contributed by atoms with Crippen molar-refractivity contribution in [3.8, 4) is 0 Å². The van der Waals surface area contributed by atoms with Crippen molar-refractivity contribution in [3.63, 3.8) is 0 Å². The van der Waals surface area contributed by atoms with E-state index in [1.807, 2.05) is 0 Å². The van der Waals surface area contributed by atoms with Crippen LogP contribution in [-0.4, -0.2) is 25.4 Å². The van der Waals surface area contributed by atoms with Gasteiger partial charge in [0.05, 0.1) is 12.5 Å². The fourth-order valence-electron chi connectivity index (χ4n) is 1.11. The second-order valence-electron chi connectivity index (χ2n) is 3.04. The van der Waals surface area contributed by atoms with Gasteiger partial charge in [-0.15, -0.1) is 0 Å². The molecule has 0 radical (unpaired) electrons. The van der Waals surface area contributed by atoms with Crippen molar-refractivity contribution < 1.29 is 68.7 Å². The van der Waals surface area contributed by atoms with Gasteiger partial charge in [0, 0.05) is 12.1 Å². The Bertz CT molecular complexity index is 252. The first-order chi connectivity index (χ1) is 5.97. The number of furan rings is 1. The number of hydrogen-bond donors (Lipinski definition) is 0. The normalized spacial score (nSPS) is 11.5. The molecule has 0 atom stereocenters. The van der Waals surface area contributed by atoms with Crippen molar-refractivity contribution in [2.45, 2.75) is 6.54 Å². The molecule has 0 unspecified atom stereocenters. The summed E-state index contributed by atoms with van der Waals surface area (Å²) < 4.78 is 40.5. The third kappa shape index (κ3) is 6.26. The van der Waals surface area contributed by atoms with Crippen LogP contribution < -0.4 is 51.4 Å². The molecule has 0 saturated carbocycles. The topological polar surface area (TPSA) is 16.4 Å². The van der Waals surface area contributed by atoms with Crippen LogP contribution in [0.3, 0.4) is 0 Å². The molecule has 0 spiro atoms. The Kier molecular flexibility index (Phi) is 6.67. The summed E-state index contributed by atoms with van der Waals surface area (Å²) in [6.45, 7) is -4.47. The van der Waals surface area contributed by atoms with Crippen molar-refractivity contribution in [1.29, 1.82) is 0 Å². The van der Waals surface area contributed by atoms with E-state index >= 15 is 0 Å². The van der Waals surface area contributed by atoms with Crippen molar-refractivity contribution in [2.24, 2.45) is 0 Å². The maximum atomic E-state index is 11.9. The zero-order chi connectivity index (χ0) is 9.90. The molecule has 1 aromatic rings. The molecule has 1 rings (SSSR count). The van der Waals surface area contributed by atoms with Gasteiger partial charge < -0.3 is 22.3 Å². The Labute approximate surface area is 123 Å². The Hall–Kier alpha value is 0.731. The number of hydrogen-bond acceptors (Lipinski definition) is 2. The van der Waals surface area contributed by atoms with Crippen LogP contribution in [0.2, 0.25) is 0 Å². The molecular formula is C7H10BF3KNO. The SMILES string of the molecule is CN(Cc1ccoc1)C[B-](F)(F)F.[K+]. The summed E-state index contributed by atoms with van der Waals surface area (Å²) in [6.07, 6.45) is 2.05. The first-order valence-corrected chi connectivity index (χ1v) is 3.88. The Balaban J connectivity index is 0.00000169. The van der Waals surface area contributed by atoms with Gasteiger partial charge in [-0.25, -0.2) is 0 Å². The Morgan fingerprint density at radius 2 is 2.07 bits per heavy atom. The van der Waals surface area contributed by atoms with E-state index in [9.17, 15) is 12.9 Å². The average molecular weight is 231 g/mol. The van der Waals surface area contributed by atoms with Gasteiger partial charge in [0.15, 0.2) is 0 Å². The number of rotatable bonds is 4. The first kappa shape index (κ1) is 14.7. The summed E-state index contributed by atoms with van der Waals surface area (Å²) in [6, 6.07) is 1.65. The maximum absolute atomic E-state index is 11.9. The zero-order valence-corrected chi connectivity index (χ0v) is 11.3. The van der Waals surface area contributed by atoms with Gasteiger partial charge in [-0.1, -0.05) is 0 Å². The van der Waals surface area contributed by atoms with Gasteiger partial charge in [-0.05, 0) is 19.6 Å². The van der Waals surface area contributed by atoms with Crippen LogP contribution in [-0.2, 0) is 6.54 Å². The van der Waals surface area contributed by atoms with Crippen LogP contribution in [0.1, 0.15) is 5.56 Å². The molecule has 0 saturated heterocycles. The number of halogens is 3. The van der Waals surface area contributed by atoms with Gasteiger partial charge in [0.2, 0.25) is 0 Å². The van der Waals surface area contributed by atoms with E-state index in [4.69, 9.17) is 4.42 Å². The van der Waals surface area contributed by atoms with E-state index in [1.165, 1.54) is 24.5 Å². The molecule has 0 aliphatic rings. The molecule has 7 heteroatoms. The standard InChI is InChI=1S/C7H10BF3NO.K/c1-12(6-8(9,10)11)4-7-2-3-13-5-7;/h2-3,5H,4,6H2,1H3;/q-1;+1. The van der Waals surface area contributed by atoms with Crippen molar-refractivity contribution in [1.82, 2.24) is 4.90 Å². The van der Waals surface area contributed by atoms with Crippen LogP contribution in [0, 0.1) is 0 Å². The van der Waals surface area contributed by atoms with Crippen LogP contribution in [0.25, 0.3) is 0 Å². The first-order valence-electron chi connectivity index (χ1n) is 3.88. The summed E-state index contributed by atoms with van der Waals surface area (Å²) in [4.78, 5) is 1.21. The van der Waals surface area contributed by atoms with E-state index in [0.717, 1.165) is 5.56 Å². The quantitative estimate of drug-likeness (QED) is 0.624. The predicted octanol–water partition coefficient (Wildman–Crippen LogP) is -0.898. The van der Waals surface area contributed by atoms with E-state index in [-0.39, 0.29) is 57.9 Å². The third-order valence-corrected chi connectivity index (χ3v) is 1.55. The molecule has 1 aromatic heterocycles. The molecule has 1 heterocycles. The van der Waals surface area contributed by atoms with Gasteiger partial charge in [-0.2, -0.15) is 0 Å². The Morgan fingerprint density at radius 3 is 2.50 bits per heavy atom. The van der Waals surface area contributed by atoms with Crippen molar-refractivity contribution in [2.75, 3.05) is 13.5 Å². The number of nitrogens with zero attached hydrogens (tertiary/aromatic N) is 1. The smallest absolute Gasteiger partial charge is 0.472 e. The Morgan fingerprint density at radius 1 is 1.43 bits per heavy atom. The second-order valence-corrected chi connectivity index (χ2v) is 3.04. The summed E-state index contributed by atoms with van der Waals surface area (Å²) in [5.74, 6) is 0. The summed E-state index contributed by atoms with van der Waals surface area (Å²) in [5, 5.41) is 0. The van der Waals surface area contributed by atoms with Gasteiger partial charge >= 0.3 is 58.4 Å². The molecule has 0 aliphatic carbocycles. The summed E-state index contributed by atoms with van der Waals surface area (Å²) >= 11 is 0. The molecule has 0 aliphatic heterocycles. The summed E-state index contributed by atoms with van der Waals surface area (Å²) in [7, 11) is 1.43. The van der Waals surface area contributed by atoms with Crippen molar-refractivity contribution in [3.05, 3.63) is 24.2 Å².